The Kier molecular flexibility index (Phi) is 11.9. The molecule has 9 rings (SSSR count). The van der Waals surface area contributed by atoms with Gasteiger partial charge < -0.3 is 53.9 Å². The number of carbonyl (C=O) groups is 4. The summed E-state index contributed by atoms with van der Waals surface area (Å²) in [5, 5.41) is 7.66. The second-order valence-corrected chi connectivity index (χ2v) is 18.0. The molecule has 0 unspecified atom stereocenters. The van der Waals surface area contributed by atoms with E-state index in [9.17, 15) is 19.2 Å². The molecule has 5 heterocycles. The first-order valence-corrected chi connectivity index (χ1v) is 22.5. The summed E-state index contributed by atoms with van der Waals surface area (Å²) in [6, 6.07) is 10.6. The van der Waals surface area contributed by atoms with Crippen LogP contribution in [0.15, 0.2) is 48.8 Å². The zero-order chi connectivity index (χ0) is 45.0. The highest BCUT2D eigenvalue weighted by Gasteiger charge is 2.51. The maximum atomic E-state index is 14.3. The molecule has 2 saturated carbocycles. The number of nitrogens with one attached hydrogen (secondary N) is 4. The monoisotopic (exact) mass is 877 g/mol. The second kappa shape index (κ2) is 17.6. The smallest absolute Gasteiger partial charge is 0.407 e. The van der Waals surface area contributed by atoms with Crippen molar-refractivity contribution in [1.82, 2.24) is 44.9 Å². The fourth-order valence-electron chi connectivity index (χ4n) is 11.3. The van der Waals surface area contributed by atoms with Crippen LogP contribution in [0.1, 0.15) is 88.9 Å². The maximum absolute atomic E-state index is 14.3. The number of aromatic nitrogens is 5. The van der Waals surface area contributed by atoms with E-state index in [-0.39, 0.29) is 36.0 Å². The van der Waals surface area contributed by atoms with Crippen molar-refractivity contribution in [2.24, 2.45) is 18.9 Å². The lowest BCUT2D eigenvalue weighted by Crippen LogP contribution is -2.55. The van der Waals surface area contributed by atoms with Crippen molar-refractivity contribution in [3.05, 3.63) is 60.4 Å². The Morgan fingerprint density at radius 3 is 1.47 bits per heavy atom. The van der Waals surface area contributed by atoms with Gasteiger partial charge in [0.05, 0.1) is 62.3 Å². The van der Waals surface area contributed by atoms with Crippen molar-refractivity contribution in [3.63, 3.8) is 0 Å². The van der Waals surface area contributed by atoms with Crippen molar-refractivity contribution in [2.75, 3.05) is 28.4 Å². The molecule has 10 atom stereocenters. The van der Waals surface area contributed by atoms with E-state index >= 15 is 0 Å². The fraction of sp³-hybridized carbons (Fsp3) is 0.532. The van der Waals surface area contributed by atoms with Crippen molar-refractivity contribution in [3.8, 4) is 22.5 Å². The summed E-state index contributed by atoms with van der Waals surface area (Å²) in [5.41, 5.74) is 5.73. The zero-order valence-electron chi connectivity index (χ0n) is 37.6. The molecule has 0 radical (unpaired) electrons. The average Bonchev–Trinajstić information content (AvgIpc) is 4.18. The summed E-state index contributed by atoms with van der Waals surface area (Å²) >= 11 is 0. The largest absolute Gasteiger partial charge is 0.453 e. The molecule has 4 N–H and O–H groups in total. The Labute approximate surface area is 371 Å². The highest BCUT2D eigenvalue weighted by molar-refractivity contribution is 6.09. The summed E-state index contributed by atoms with van der Waals surface area (Å²) in [5.74, 6) is 1.74. The number of hydrogen-bond donors (Lipinski definition) is 4. The Hall–Kier alpha value is -5.94. The molecule has 2 aromatic carbocycles. The van der Waals surface area contributed by atoms with Crippen LogP contribution in [0.5, 0.6) is 0 Å². The number of benzene rings is 2. The molecule has 340 valence electrons. The van der Waals surface area contributed by atoms with E-state index in [4.69, 9.17) is 28.9 Å². The SMILES string of the molecule is COC(=O)N[C@H](C(=O)N1[C@@H]2CCC[C@@H]2C[C@H]1c1ncc(-c2ccc3c4ccc(-c5cnc([C@@H]6C[C@@H]7CCC[C@@H]7N6C(=O)[C@@H](NC(=O)OC)[C@@H](C)OC)[nH]5)cc4n(C)c3c2)[nH]1)[C@@H](C)OC. The van der Waals surface area contributed by atoms with Gasteiger partial charge >= 0.3 is 12.2 Å². The molecule has 2 aliphatic heterocycles. The number of rotatable bonds is 12. The molecule has 4 amide bonds. The first kappa shape index (κ1) is 43.3. The predicted molar refractivity (Wildman–Crippen MR) is 238 cm³/mol. The van der Waals surface area contributed by atoms with E-state index in [2.05, 4.69) is 68.6 Å². The average molecular weight is 878 g/mol. The number of imidazole rings is 2. The molecule has 0 bridgehead atoms. The number of ether oxygens (including phenoxy) is 4. The number of aryl methyl sites for hydroxylation is 1. The van der Waals surface area contributed by atoms with Gasteiger partial charge in [-0.25, -0.2) is 19.6 Å². The minimum absolute atomic E-state index is 0.0587. The molecule has 17 nitrogen and oxygen atoms in total. The van der Waals surface area contributed by atoms with Crippen LogP contribution in [-0.2, 0) is 35.6 Å². The Morgan fingerprint density at radius 1 is 0.656 bits per heavy atom. The van der Waals surface area contributed by atoms with Crippen LogP contribution in [0, 0.1) is 11.8 Å². The molecule has 4 fully saturated rings. The third-order valence-corrected chi connectivity index (χ3v) is 14.8. The van der Waals surface area contributed by atoms with Gasteiger partial charge in [0.2, 0.25) is 11.8 Å². The van der Waals surface area contributed by atoms with Crippen molar-refractivity contribution < 1.29 is 38.1 Å². The molecule has 64 heavy (non-hydrogen) atoms. The fourth-order valence-corrected chi connectivity index (χ4v) is 11.3. The Balaban J connectivity index is 0.978. The number of likely N-dealkylation sites (tertiary alicyclic amines) is 2. The number of hydrogen-bond acceptors (Lipinski definition) is 10. The van der Waals surface area contributed by atoms with Gasteiger partial charge in [-0.2, -0.15) is 0 Å². The van der Waals surface area contributed by atoms with Crippen LogP contribution >= 0.6 is 0 Å². The first-order valence-electron chi connectivity index (χ1n) is 22.5. The predicted octanol–water partition coefficient (Wildman–Crippen LogP) is 6.51. The molecule has 17 heteroatoms. The highest BCUT2D eigenvalue weighted by atomic mass is 16.5. The molecule has 0 spiro atoms. The van der Waals surface area contributed by atoms with Gasteiger partial charge in [0.15, 0.2) is 0 Å². The van der Waals surface area contributed by atoms with Crippen LogP contribution in [0.4, 0.5) is 9.59 Å². The number of amides is 4. The van der Waals surface area contributed by atoms with E-state index in [1.165, 1.54) is 28.4 Å². The van der Waals surface area contributed by atoms with Gasteiger partial charge in [-0.05, 0) is 76.3 Å². The Morgan fingerprint density at radius 2 is 1.08 bits per heavy atom. The number of methoxy groups -OCH3 is 4. The van der Waals surface area contributed by atoms with Crippen LogP contribution < -0.4 is 10.6 Å². The van der Waals surface area contributed by atoms with Crippen LogP contribution in [0.3, 0.4) is 0 Å². The summed E-state index contributed by atoms with van der Waals surface area (Å²) in [7, 11) is 7.68. The van der Waals surface area contributed by atoms with Crippen LogP contribution in [0.25, 0.3) is 44.3 Å². The lowest BCUT2D eigenvalue weighted by atomic mass is 10.0. The minimum atomic E-state index is -0.909. The summed E-state index contributed by atoms with van der Waals surface area (Å²) in [6.07, 6.45) is 8.76. The van der Waals surface area contributed by atoms with Gasteiger partial charge in [0, 0.05) is 66.3 Å². The number of nitrogens with zero attached hydrogens (tertiary/aromatic N) is 5. The maximum Gasteiger partial charge on any atom is 0.407 e. The van der Waals surface area contributed by atoms with E-state index in [0.29, 0.717) is 11.8 Å². The molecular weight excluding hydrogens is 819 g/mol. The molecule has 3 aromatic heterocycles. The van der Waals surface area contributed by atoms with Crippen LogP contribution in [0.2, 0.25) is 0 Å². The van der Waals surface area contributed by atoms with Crippen molar-refractivity contribution in [2.45, 2.75) is 114 Å². The van der Waals surface area contributed by atoms with Crippen molar-refractivity contribution >= 4 is 45.8 Å². The standard InChI is InChI=1S/C47H59N9O8/c1-24(61-4)40(52-46(59)63-6)44(57)55-34-12-8-10-28(34)20-38(55)42-48-22-32(50-42)26-14-16-30-31-17-15-27(19-37(31)54(3)36(30)18-26)33-23-49-43(51-33)39-21-29-11-9-13-35(29)56(39)45(58)41(25(2)62-5)53-47(60)64-7/h14-19,22-25,28-29,34-35,38-41H,8-13,20-21H2,1-7H3,(H,48,50)(H,49,51)(H,52,59)(H,53,60)/t24-,25-,28-,29+,34-,35+,38+,39+,40+,41+/m1/s1. The third-order valence-electron chi connectivity index (χ3n) is 14.8. The summed E-state index contributed by atoms with van der Waals surface area (Å²) in [4.78, 5) is 74.0. The van der Waals surface area contributed by atoms with Gasteiger partial charge in [-0.1, -0.05) is 37.1 Å². The van der Waals surface area contributed by atoms with Gasteiger partial charge in [-0.15, -0.1) is 0 Å². The number of fused-ring (bicyclic) bond motifs is 5. The molecule has 2 saturated heterocycles. The molecular formula is C47H59N9O8. The minimum Gasteiger partial charge on any atom is -0.453 e. The number of carbonyl (C=O) groups excluding carboxylic acids is 4. The summed E-state index contributed by atoms with van der Waals surface area (Å²) < 4.78 is 23.0. The Bertz CT molecular complexity index is 2390. The molecule has 5 aromatic rings. The molecule has 4 aliphatic rings. The normalized spacial score (nSPS) is 24.7. The lowest BCUT2D eigenvalue weighted by molar-refractivity contribution is -0.140. The summed E-state index contributed by atoms with van der Waals surface area (Å²) in [6.45, 7) is 3.54. The first-order chi connectivity index (χ1) is 30.9. The second-order valence-electron chi connectivity index (χ2n) is 18.0. The van der Waals surface area contributed by atoms with E-state index in [1.54, 1.807) is 13.8 Å². The number of H-pyrrole nitrogens is 2. The highest BCUT2D eigenvalue weighted by Crippen LogP contribution is 2.49. The van der Waals surface area contributed by atoms with Gasteiger partial charge in [0.25, 0.3) is 0 Å². The van der Waals surface area contributed by atoms with E-state index in [0.717, 1.165) is 107 Å². The number of alkyl carbamates (subject to hydrolysis) is 2. The molecule has 2 aliphatic carbocycles. The quantitative estimate of drug-likeness (QED) is 0.107. The van der Waals surface area contributed by atoms with Gasteiger partial charge in [0.1, 0.15) is 23.7 Å². The van der Waals surface area contributed by atoms with Crippen molar-refractivity contribution in [1.29, 1.82) is 0 Å². The van der Waals surface area contributed by atoms with E-state index in [1.807, 2.05) is 22.2 Å². The van der Waals surface area contributed by atoms with Crippen LogP contribution in [-0.4, -0.2) is 123 Å². The zero-order valence-corrected chi connectivity index (χ0v) is 37.6. The number of aromatic amines is 2. The van der Waals surface area contributed by atoms with Gasteiger partial charge in [-0.3, -0.25) is 9.59 Å². The third kappa shape index (κ3) is 7.55. The lowest BCUT2D eigenvalue weighted by Gasteiger charge is -2.34. The topological polar surface area (TPSA) is 198 Å². The van der Waals surface area contributed by atoms with E-state index < -0.39 is 36.5 Å².